The van der Waals surface area contributed by atoms with E-state index in [1.807, 2.05) is 37.1 Å². The van der Waals surface area contributed by atoms with Crippen LogP contribution in [0, 0.1) is 5.92 Å². The Kier molecular flexibility index (Phi) is 5.22. The van der Waals surface area contributed by atoms with Gasteiger partial charge in [-0.3, -0.25) is 0 Å². The zero-order valence-corrected chi connectivity index (χ0v) is 18.7. The third kappa shape index (κ3) is 3.95. The second-order valence-corrected chi connectivity index (χ2v) is 10.7. The molecule has 0 aromatic carbocycles. The second-order valence-electron chi connectivity index (χ2n) is 8.38. The molecule has 2 N–H and O–H groups in total. The molecule has 2 aliphatic heterocycles. The maximum absolute atomic E-state index is 12.7. The number of carbonyl (C=O) groups is 1. The van der Waals surface area contributed by atoms with E-state index >= 15 is 0 Å². The van der Waals surface area contributed by atoms with E-state index in [2.05, 4.69) is 9.88 Å². The van der Waals surface area contributed by atoms with E-state index in [1.54, 1.807) is 11.3 Å². The summed E-state index contributed by atoms with van der Waals surface area (Å²) in [6.07, 6.45) is 1.92. The van der Waals surface area contributed by atoms with Gasteiger partial charge < -0.3 is 20.3 Å². The first kappa shape index (κ1) is 19.8. The highest BCUT2D eigenvalue weighted by Gasteiger charge is 2.43. The Morgan fingerprint density at radius 2 is 2.18 bits per heavy atom. The van der Waals surface area contributed by atoms with Crippen molar-refractivity contribution >= 4 is 50.5 Å². The van der Waals surface area contributed by atoms with Crippen LogP contribution in [0.15, 0.2) is 11.4 Å². The predicted octanol–water partition coefficient (Wildman–Crippen LogP) is 4.94. The smallest absolute Gasteiger partial charge is 0.410 e. The number of piperidine rings is 1. The van der Waals surface area contributed by atoms with Crippen molar-refractivity contribution in [3.63, 3.8) is 0 Å². The molecule has 2 fully saturated rings. The fourth-order valence-electron chi connectivity index (χ4n) is 4.03. The van der Waals surface area contributed by atoms with Crippen LogP contribution in [-0.2, 0) is 4.74 Å². The average Bonchev–Trinajstić information content (AvgIpc) is 3.29. The average molecular weight is 441 g/mol. The van der Waals surface area contributed by atoms with Crippen LogP contribution in [0.4, 0.5) is 14.9 Å². The molecule has 152 valence electrons. The van der Waals surface area contributed by atoms with Crippen LogP contribution < -0.4 is 10.6 Å². The minimum absolute atomic E-state index is 0.159. The number of hydrogen-bond acceptors (Lipinski definition) is 7. The number of nitrogen functional groups attached to an aromatic ring is 1. The number of anilines is 2. The molecule has 0 spiro atoms. The Hall–Kier alpha value is -1.51. The summed E-state index contributed by atoms with van der Waals surface area (Å²) >= 11 is 9.19. The van der Waals surface area contributed by atoms with Crippen molar-refractivity contribution in [2.24, 2.45) is 5.92 Å². The summed E-state index contributed by atoms with van der Waals surface area (Å²) in [6.45, 7) is 8.15. The molecule has 2 saturated heterocycles. The van der Waals surface area contributed by atoms with Crippen molar-refractivity contribution in [3.05, 3.63) is 16.5 Å². The summed E-state index contributed by atoms with van der Waals surface area (Å²) in [7, 11) is 0. The van der Waals surface area contributed by atoms with Crippen molar-refractivity contribution in [2.75, 3.05) is 30.3 Å². The van der Waals surface area contributed by atoms with Crippen LogP contribution in [0.1, 0.15) is 33.6 Å². The molecule has 0 bridgehead atoms. The highest BCUT2D eigenvalue weighted by molar-refractivity contribution is 7.20. The standard InChI is InChI=1S/C19H25ClN4O2S2/c1-19(2,3)26-18(25)24-6-4-5-11-8-23(9-13(11)24)16-15(22-17(21)28-16)14-7-12(20)10-27-14/h7,10-11,13H,4-6,8-9H2,1-3H3,(H2,21,22). The van der Waals surface area contributed by atoms with E-state index in [1.165, 1.54) is 11.3 Å². The number of rotatable bonds is 2. The molecule has 0 radical (unpaired) electrons. The van der Waals surface area contributed by atoms with Crippen molar-refractivity contribution < 1.29 is 9.53 Å². The molecular weight excluding hydrogens is 416 g/mol. The minimum atomic E-state index is -0.486. The van der Waals surface area contributed by atoms with Gasteiger partial charge in [-0.15, -0.1) is 11.3 Å². The SMILES string of the molecule is CC(C)(C)OC(=O)N1CCCC2CN(c3sc(N)nc3-c3cc(Cl)cs3)CC21. The van der Waals surface area contributed by atoms with Gasteiger partial charge in [-0.05, 0) is 45.6 Å². The van der Waals surface area contributed by atoms with Gasteiger partial charge in [0.2, 0.25) is 0 Å². The Bertz CT molecular complexity index is 876. The highest BCUT2D eigenvalue weighted by Crippen LogP contribution is 2.44. The first-order valence-corrected chi connectivity index (χ1v) is 11.5. The van der Waals surface area contributed by atoms with Gasteiger partial charge >= 0.3 is 6.09 Å². The molecule has 2 atom stereocenters. The zero-order chi connectivity index (χ0) is 20.1. The lowest BCUT2D eigenvalue weighted by atomic mass is 9.92. The number of carbonyl (C=O) groups excluding carboxylic acids is 1. The molecule has 2 aromatic heterocycles. The minimum Gasteiger partial charge on any atom is -0.444 e. The molecule has 28 heavy (non-hydrogen) atoms. The number of nitrogens with two attached hydrogens (primary N) is 1. The van der Waals surface area contributed by atoms with E-state index < -0.39 is 5.60 Å². The Labute approximate surface area is 178 Å². The van der Waals surface area contributed by atoms with Gasteiger partial charge in [0.1, 0.15) is 16.3 Å². The number of thiazole rings is 1. The third-order valence-corrected chi connectivity index (χ3v) is 7.35. The van der Waals surface area contributed by atoms with Gasteiger partial charge in [0.05, 0.1) is 15.9 Å². The lowest BCUT2D eigenvalue weighted by Crippen LogP contribution is -2.50. The number of nitrogens with zero attached hydrogens (tertiary/aromatic N) is 3. The fraction of sp³-hybridized carbons (Fsp3) is 0.579. The lowest BCUT2D eigenvalue weighted by Gasteiger charge is -2.37. The number of fused-ring (bicyclic) bond motifs is 1. The maximum Gasteiger partial charge on any atom is 0.410 e. The first-order chi connectivity index (χ1) is 13.2. The number of thiophene rings is 1. The molecule has 4 rings (SSSR count). The van der Waals surface area contributed by atoms with E-state index in [9.17, 15) is 4.79 Å². The number of aromatic nitrogens is 1. The number of ether oxygens (including phenoxy) is 1. The number of likely N-dealkylation sites (tertiary alicyclic amines) is 1. The van der Waals surface area contributed by atoms with E-state index in [0.717, 1.165) is 48.0 Å². The van der Waals surface area contributed by atoms with Crippen LogP contribution in [0.3, 0.4) is 0 Å². The van der Waals surface area contributed by atoms with Crippen molar-refractivity contribution in [2.45, 2.75) is 45.3 Å². The van der Waals surface area contributed by atoms with Gasteiger partial charge in [-0.25, -0.2) is 9.78 Å². The van der Waals surface area contributed by atoms with Crippen LogP contribution in [0.2, 0.25) is 5.02 Å². The maximum atomic E-state index is 12.7. The number of amides is 1. The summed E-state index contributed by atoms with van der Waals surface area (Å²) in [6, 6.07) is 2.09. The summed E-state index contributed by atoms with van der Waals surface area (Å²) in [4.78, 5) is 22.6. The zero-order valence-electron chi connectivity index (χ0n) is 16.3. The summed E-state index contributed by atoms with van der Waals surface area (Å²) in [5.74, 6) is 0.435. The van der Waals surface area contributed by atoms with E-state index in [4.69, 9.17) is 22.1 Å². The van der Waals surface area contributed by atoms with Gasteiger partial charge in [0.25, 0.3) is 0 Å². The first-order valence-electron chi connectivity index (χ1n) is 9.46. The molecule has 2 unspecified atom stereocenters. The van der Waals surface area contributed by atoms with Crippen LogP contribution in [-0.4, -0.2) is 47.3 Å². The van der Waals surface area contributed by atoms with E-state index in [-0.39, 0.29) is 12.1 Å². The fourth-order valence-corrected chi connectivity index (χ4v) is 6.03. The topological polar surface area (TPSA) is 71.7 Å². The number of halogens is 1. The summed E-state index contributed by atoms with van der Waals surface area (Å²) in [5, 5.41) is 4.23. The third-order valence-electron chi connectivity index (χ3n) is 5.12. The van der Waals surface area contributed by atoms with Gasteiger partial charge in [0.15, 0.2) is 5.13 Å². The molecule has 0 aliphatic carbocycles. The molecule has 6 nitrogen and oxygen atoms in total. The van der Waals surface area contributed by atoms with E-state index in [0.29, 0.717) is 16.1 Å². The largest absolute Gasteiger partial charge is 0.444 e. The van der Waals surface area contributed by atoms with Gasteiger partial charge in [-0.1, -0.05) is 22.9 Å². The highest BCUT2D eigenvalue weighted by atomic mass is 35.5. The van der Waals surface area contributed by atoms with Gasteiger partial charge in [0, 0.05) is 25.0 Å². The van der Waals surface area contributed by atoms with Crippen LogP contribution in [0.5, 0.6) is 0 Å². The second kappa shape index (κ2) is 7.39. The molecule has 4 heterocycles. The Balaban J connectivity index is 1.57. The summed E-state index contributed by atoms with van der Waals surface area (Å²) in [5.41, 5.74) is 6.46. The van der Waals surface area contributed by atoms with Crippen molar-refractivity contribution in [1.29, 1.82) is 0 Å². The lowest BCUT2D eigenvalue weighted by molar-refractivity contribution is 0.00670. The van der Waals surface area contributed by atoms with Crippen molar-refractivity contribution in [1.82, 2.24) is 9.88 Å². The van der Waals surface area contributed by atoms with Crippen LogP contribution >= 0.6 is 34.3 Å². The monoisotopic (exact) mass is 440 g/mol. The molecule has 2 aliphatic rings. The molecule has 9 heteroatoms. The molecular formula is C19H25ClN4O2S2. The molecule has 0 saturated carbocycles. The van der Waals surface area contributed by atoms with Crippen LogP contribution in [0.25, 0.3) is 10.6 Å². The quantitative estimate of drug-likeness (QED) is 0.715. The molecule has 1 amide bonds. The normalized spacial score (nSPS) is 22.4. The molecule has 2 aromatic rings. The number of hydrogen-bond donors (Lipinski definition) is 1. The predicted molar refractivity (Wildman–Crippen MR) is 117 cm³/mol. The Morgan fingerprint density at radius 3 is 2.86 bits per heavy atom. The Morgan fingerprint density at radius 1 is 1.39 bits per heavy atom. The van der Waals surface area contributed by atoms with Gasteiger partial charge in [-0.2, -0.15) is 0 Å². The summed E-state index contributed by atoms with van der Waals surface area (Å²) < 4.78 is 5.65. The van der Waals surface area contributed by atoms with Crippen molar-refractivity contribution in [3.8, 4) is 10.6 Å².